The normalized spacial score (nSPS) is 10.7. The van der Waals surface area contributed by atoms with Crippen LogP contribution in [0.2, 0.25) is 15.1 Å². The molecule has 2 aromatic carbocycles. The summed E-state index contributed by atoms with van der Waals surface area (Å²) in [5.74, 6) is 1.24. The van der Waals surface area contributed by atoms with E-state index < -0.39 is 0 Å². The third-order valence-electron chi connectivity index (χ3n) is 3.45. The lowest BCUT2D eigenvalue weighted by Crippen LogP contribution is -2.14. The van der Waals surface area contributed by atoms with E-state index in [0.29, 0.717) is 39.7 Å². The summed E-state index contributed by atoms with van der Waals surface area (Å²) in [6.45, 7) is 4.09. The summed E-state index contributed by atoms with van der Waals surface area (Å²) in [6.07, 6.45) is 1.07. The van der Waals surface area contributed by atoms with Crippen LogP contribution in [0.4, 0.5) is 0 Å². The summed E-state index contributed by atoms with van der Waals surface area (Å²) in [7, 11) is 1.61. The quantitative estimate of drug-likeness (QED) is 0.585. The monoisotopic (exact) mass is 387 g/mol. The summed E-state index contributed by atoms with van der Waals surface area (Å²) in [5.41, 5.74) is 1.89. The van der Waals surface area contributed by atoms with Gasteiger partial charge in [-0.2, -0.15) is 0 Å². The average Bonchev–Trinajstić information content (AvgIpc) is 2.57. The Morgan fingerprint density at radius 2 is 1.75 bits per heavy atom. The average molecular weight is 389 g/mol. The molecule has 0 aliphatic rings. The van der Waals surface area contributed by atoms with Gasteiger partial charge in [-0.1, -0.05) is 47.8 Å². The molecule has 0 saturated heterocycles. The second kappa shape index (κ2) is 9.38. The van der Waals surface area contributed by atoms with Gasteiger partial charge in [-0.15, -0.1) is 0 Å². The third kappa shape index (κ3) is 5.18. The van der Waals surface area contributed by atoms with E-state index in [4.69, 9.17) is 44.3 Å². The van der Waals surface area contributed by atoms with E-state index in [0.717, 1.165) is 24.1 Å². The van der Waals surface area contributed by atoms with Gasteiger partial charge in [0.05, 0.1) is 17.2 Å². The third-order valence-corrected chi connectivity index (χ3v) is 4.54. The molecule has 2 aromatic rings. The van der Waals surface area contributed by atoms with Crippen LogP contribution in [-0.2, 0) is 13.2 Å². The summed E-state index contributed by atoms with van der Waals surface area (Å²) in [5, 5.41) is 4.99. The highest BCUT2D eigenvalue weighted by Gasteiger charge is 2.11. The number of nitrogens with one attached hydrogen (secondary N) is 1. The van der Waals surface area contributed by atoms with Gasteiger partial charge in [0.2, 0.25) is 0 Å². The second-order valence-electron chi connectivity index (χ2n) is 5.31. The lowest BCUT2D eigenvalue weighted by Gasteiger charge is -2.14. The molecule has 0 aromatic heterocycles. The lowest BCUT2D eigenvalue weighted by atomic mass is 10.2. The van der Waals surface area contributed by atoms with Crippen molar-refractivity contribution in [2.75, 3.05) is 13.7 Å². The van der Waals surface area contributed by atoms with Crippen molar-refractivity contribution in [2.24, 2.45) is 0 Å². The molecule has 24 heavy (non-hydrogen) atoms. The van der Waals surface area contributed by atoms with Crippen molar-refractivity contribution in [2.45, 2.75) is 26.5 Å². The van der Waals surface area contributed by atoms with E-state index in [1.54, 1.807) is 25.3 Å². The highest BCUT2D eigenvalue weighted by Crippen LogP contribution is 2.34. The minimum Gasteiger partial charge on any atom is -0.493 e. The summed E-state index contributed by atoms with van der Waals surface area (Å²) in [4.78, 5) is 0. The smallest absolute Gasteiger partial charge is 0.163 e. The van der Waals surface area contributed by atoms with Crippen molar-refractivity contribution in [3.05, 3.63) is 56.5 Å². The Morgan fingerprint density at radius 3 is 2.42 bits per heavy atom. The molecule has 130 valence electrons. The molecular weight excluding hydrogens is 369 g/mol. The minimum absolute atomic E-state index is 0.344. The van der Waals surface area contributed by atoms with Crippen LogP contribution in [0.25, 0.3) is 0 Å². The number of hydrogen-bond donors (Lipinski definition) is 1. The first kappa shape index (κ1) is 19.2. The zero-order valence-corrected chi connectivity index (χ0v) is 15.9. The van der Waals surface area contributed by atoms with Gasteiger partial charge in [-0.3, -0.25) is 0 Å². The van der Waals surface area contributed by atoms with Crippen molar-refractivity contribution in [1.29, 1.82) is 0 Å². The Morgan fingerprint density at radius 1 is 0.958 bits per heavy atom. The van der Waals surface area contributed by atoms with Crippen LogP contribution in [0.15, 0.2) is 30.3 Å². The fourth-order valence-corrected chi connectivity index (χ4v) is 2.72. The van der Waals surface area contributed by atoms with E-state index in [-0.39, 0.29) is 0 Å². The summed E-state index contributed by atoms with van der Waals surface area (Å²) >= 11 is 18.3. The zero-order chi connectivity index (χ0) is 17.5. The highest BCUT2D eigenvalue weighted by atomic mass is 35.5. The van der Waals surface area contributed by atoms with E-state index in [1.165, 1.54) is 0 Å². The van der Waals surface area contributed by atoms with Gasteiger partial charge in [0.15, 0.2) is 11.5 Å². The fraction of sp³-hybridized carbons (Fsp3) is 0.333. The predicted molar refractivity (Wildman–Crippen MR) is 101 cm³/mol. The van der Waals surface area contributed by atoms with Crippen molar-refractivity contribution in [3.8, 4) is 11.5 Å². The molecule has 0 bridgehead atoms. The zero-order valence-electron chi connectivity index (χ0n) is 13.7. The Labute approximate surface area is 157 Å². The van der Waals surface area contributed by atoms with Gasteiger partial charge in [0.1, 0.15) is 6.61 Å². The second-order valence-corrected chi connectivity index (χ2v) is 6.53. The summed E-state index contributed by atoms with van der Waals surface area (Å²) in [6, 6.07) is 9.07. The van der Waals surface area contributed by atoms with Crippen LogP contribution in [-0.4, -0.2) is 13.7 Å². The molecule has 2 rings (SSSR count). The number of benzene rings is 2. The number of ether oxygens (including phenoxy) is 2. The Hall–Kier alpha value is -1.13. The predicted octanol–water partition coefficient (Wildman–Crippen LogP) is 5.73. The number of hydrogen-bond acceptors (Lipinski definition) is 3. The van der Waals surface area contributed by atoms with Crippen molar-refractivity contribution >= 4 is 34.8 Å². The van der Waals surface area contributed by atoms with Gasteiger partial charge in [0, 0.05) is 17.6 Å². The van der Waals surface area contributed by atoms with Gasteiger partial charge < -0.3 is 14.8 Å². The Bertz CT molecular complexity index is 692. The molecule has 0 radical (unpaired) electrons. The van der Waals surface area contributed by atoms with Gasteiger partial charge >= 0.3 is 0 Å². The Balaban J connectivity index is 2.11. The molecule has 0 heterocycles. The van der Waals surface area contributed by atoms with Crippen LogP contribution in [0.5, 0.6) is 11.5 Å². The van der Waals surface area contributed by atoms with Crippen molar-refractivity contribution < 1.29 is 9.47 Å². The topological polar surface area (TPSA) is 30.5 Å². The van der Waals surface area contributed by atoms with Crippen LogP contribution in [0, 0.1) is 0 Å². The first-order chi connectivity index (χ1) is 11.5. The molecule has 0 aliphatic heterocycles. The lowest BCUT2D eigenvalue weighted by molar-refractivity contribution is 0.284. The molecule has 0 amide bonds. The molecule has 3 nitrogen and oxygen atoms in total. The molecule has 1 N–H and O–H groups in total. The molecule has 0 aliphatic carbocycles. The first-order valence-electron chi connectivity index (χ1n) is 7.69. The number of halogens is 3. The van der Waals surface area contributed by atoms with Crippen LogP contribution < -0.4 is 14.8 Å². The first-order valence-corrected chi connectivity index (χ1v) is 8.82. The van der Waals surface area contributed by atoms with E-state index in [2.05, 4.69) is 12.2 Å². The Kier molecular flexibility index (Phi) is 7.50. The fourth-order valence-electron chi connectivity index (χ4n) is 2.18. The van der Waals surface area contributed by atoms with Crippen molar-refractivity contribution in [1.82, 2.24) is 5.32 Å². The molecule has 0 atom stereocenters. The standard InChI is InChI=1S/C18H20Cl3NO2/c1-3-6-22-10-13-8-17(23-2)18(9-15(13)20)24-11-12-4-5-14(19)16(21)7-12/h4-5,7-9,22H,3,6,10-11H2,1-2H3. The minimum atomic E-state index is 0.344. The molecule has 0 spiro atoms. The van der Waals surface area contributed by atoms with Gasteiger partial charge in [0.25, 0.3) is 0 Å². The molecule has 6 heteroatoms. The van der Waals surface area contributed by atoms with E-state index in [1.807, 2.05) is 12.1 Å². The van der Waals surface area contributed by atoms with Gasteiger partial charge in [-0.25, -0.2) is 0 Å². The maximum absolute atomic E-state index is 6.35. The van der Waals surface area contributed by atoms with Gasteiger partial charge in [-0.05, 0) is 42.3 Å². The largest absolute Gasteiger partial charge is 0.493 e. The highest BCUT2D eigenvalue weighted by molar-refractivity contribution is 6.42. The number of rotatable bonds is 8. The summed E-state index contributed by atoms with van der Waals surface area (Å²) < 4.78 is 11.3. The molecule has 0 unspecified atom stereocenters. The molecule has 0 saturated carbocycles. The van der Waals surface area contributed by atoms with Crippen molar-refractivity contribution in [3.63, 3.8) is 0 Å². The van der Waals surface area contributed by atoms with Crippen LogP contribution in [0.3, 0.4) is 0 Å². The maximum Gasteiger partial charge on any atom is 0.163 e. The molecular formula is C18H20Cl3NO2. The van der Waals surface area contributed by atoms with E-state index >= 15 is 0 Å². The van der Waals surface area contributed by atoms with E-state index in [9.17, 15) is 0 Å². The SMILES string of the molecule is CCCNCc1cc(OC)c(OCc2ccc(Cl)c(Cl)c2)cc1Cl. The van der Waals surface area contributed by atoms with Crippen LogP contribution >= 0.6 is 34.8 Å². The van der Waals surface area contributed by atoms with Crippen LogP contribution in [0.1, 0.15) is 24.5 Å². The molecule has 0 fully saturated rings. The number of methoxy groups -OCH3 is 1. The maximum atomic E-state index is 6.35.